The summed E-state index contributed by atoms with van der Waals surface area (Å²) in [6, 6.07) is 0. The molecule has 4 N–H and O–H groups in total. The summed E-state index contributed by atoms with van der Waals surface area (Å²) in [7, 11) is 1.81. The second-order valence-electron chi connectivity index (χ2n) is 4.50. The first-order valence-corrected chi connectivity index (χ1v) is 7.12. The summed E-state index contributed by atoms with van der Waals surface area (Å²) in [5.74, 6) is -0.236. The van der Waals surface area contributed by atoms with E-state index in [4.69, 9.17) is 0 Å². The van der Waals surface area contributed by atoms with Crippen molar-refractivity contribution < 1.29 is 9.59 Å². The number of nitrogens with one attached hydrogen (secondary N) is 4. The highest BCUT2D eigenvalue weighted by molar-refractivity contribution is 5.92. The molecule has 0 aliphatic rings. The lowest BCUT2D eigenvalue weighted by atomic mass is 10.3. The summed E-state index contributed by atoms with van der Waals surface area (Å²) in [5.41, 5.74) is 0.540. The Bertz CT molecular complexity index is 339. The number of amides is 2. The van der Waals surface area contributed by atoms with Crippen LogP contribution in [0.15, 0.2) is 24.8 Å². The van der Waals surface area contributed by atoms with Crippen LogP contribution in [0.4, 0.5) is 0 Å². The molecule has 0 aliphatic heterocycles. The second-order valence-corrected chi connectivity index (χ2v) is 4.50. The average Bonchev–Trinajstić information content (AvgIpc) is 2.44. The van der Waals surface area contributed by atoms with E-state index in [0.717, 1.165) is 13.0 Å². The third-order valence-electron chi connectivity index (χ3n) is 2.50. The van der Waals surface area contributed by atoms with Gasteiger partial charge in [-0.3, -0.25) is 14.9 Å². The summed E-state index contributed by atoms with van der Waals surface area (Å²) in [4.78, 5) is 21.6. The Labute approximate surface area is 128 Å². The SMILES string of the molecule is C=C(C)C(=O)NC(CC)NC.C=CC(=O)NC(C)NCC. The quantitative estimate of drug-likeness (QED) is 0.396. The molecule has 2 atom stereocenters. The zero-order valence-electron chi connectivity index (χ0n) is 13.9. The Kier molecular flexibility index (Phi) is 13.7. The zero-order chi connectivity index (χ0) is 16.8. The molecular formula is C15H30N4O2. The molecule has 6 heteroatoms. The van der Waals surface area contributed by atoms with Crippen molar-refractivity contribution in [3.05, 3.63) is 24.8 Å². The fourth-order valence-corrected chi connectivity index (χ4v) is 1.29. The van der Waals surface area contributed by atoms with Crippen LogP contribution in [0.1, 0.15) is 34.1 Å². The van der Waals surface area contributed by atoms with Gasteiger partial charge in [0.1, 0.15) is 0 Å². The largest absolute Gasteiger partial charge is 0.338 e. The molecule has 0 aromatic heterocycles. The van der Waals surface area contributed by atoms with Gasteiger partial charge < -0.3 is 16.0 Å². The van der Waals surface area contributed by atoms with Gasteiger partial charge in [-0.25, -0.2) is 0 Å². The standard InChI is InChI=1S/C8H16N2O.C7H14N2O/c1-5-7(9-4)10-8(11)6(2)3;1-4-7(10)9-6(3)8-5-2/h7,9H,2,5H2,1,3-4H3,(H,10,11);4,6,8H,1,5H2,2-3H3,(H,9,10). The molecule has 0 radical (unpaired) electrons. The smallest absolute Gasteiger partial charge is 0.247 e. The molecule has 0 rings (SSSR count). The van der Waals surface area contributed by atoms with Crippen LogP contribution in [0.2, 0.25) is 0 Å². The van der Waals surface area contributed by atoms with Gasteiger partial charge in [-0.1, -0.05) is 27.0 Å². The van der Waals surface area contributed by atoms with Gasteiger partial charge in [0.25, 0.3) is 0 Å². The van der Waals surface area contributed by atoms with Crippen molar-refractivity contribution in [2.45, 2.75) is 46.4 Å². The van der Waals surface area contributed by atoms with E-state index in [1.54, 1.807) is 6.92 Å². The first-order chi connectivity index (χ1) is 9.81. The van der Waals surface area contributed by atoms with Crippen molar-refractivity contribution in [2.24, 2.45) is 0 Å². The minimum Gasteiger partial charge on any atom is -0.338 e. The van der Waals surface area contributed by atoms with Crippen LogP contribution in [0.5, 0.6) is 0 Å². The van der Waals surface area contributed by atoms with Gasteiger partial charge in [0.15, 0.2) is 0 Å². The van der Waals surface area contributed by atoms with E-state index >= 15 is 0 Å². The van der Waals surface area contributed by atoms with Crippen molar-refractivity contribution in [1.29, 1.82) is 0 Å². The summed E-state index contributed by atoms with van der Waals surface area (Å²) in [6.07, 6.45) is 2.21. The number of hydrogen-bond acceptors (Lipinski definition) is 4. The van der Waals surface area contributed by atoms with Gasteiger partial charge in [0.05, 0.1) is 12.3 Å². The van der Waals surface area contributed by atoms with Crippen molar-refractivity contribution in [1.82, 2.24) is 21.3 Å². The lowest BCUT2D eigenvalue weighted by Gasteiger charge is -2.15. The second kappa shape index (κ2) is 13.3. The third kappa shape index (κ3) is 13.1. The van der Waals surface area contributed by atoms with E-state index < -0.39 is 0 Å². The first-order valence-electron chi connectivity index (χ1n) is 7.12. The molecule has 2 unspecified atom stereocenters. The van der Waals surface area contributed by atoms with Crippen molar-refractivity contribution in [3.63, 3.8) is 0 Å². The Morgan fingerprint density at radius 3 is 2.14 bits per heavy atom. The maximum absolute atomic E-state index is 11.0. The molecule has 0 saturated carbocycles. The summed E-state index contributed by atoms with van der Waals surface area (Å²) in [5, 5.41) is 11.4. The molecule has 0 heterocycles. The molecule has 0 bridgehead atoms. The predicted octanol–water partition coefficient (Wildman–Crippen LogP) is 0.878. The molecule has 0 aliphatic carbocycles. The fraction of sp³-hybridized carbons (Fsp3) is 0.600. The van der Waals surface area contributed by atoms with Gasteiger partial charge in [0.2, 0.25) is 11.8 Å². The van der Waals surface area contributed by atoms with Crippen LogP contribution in [0.3, 0.4) is 0 Å². The van der Waals surface area contributed by atoms with E-state index in [1.165, 1.54) is 6.08 Å². The average molecular weight is 298 g/mol. The molecule has 2 amide bonds. The third-order valence-corrected chi connectivity index (χ3v) is 2.50. The molecule has 6 nitrogen and oxygen atoms in total. The highest BCUT2D eigenvalue weighted by atomic mass is 16.2. The van der Waals surface area contributed by atoms with Crippen LogP contribution in [0, 0.1) is 0 Å². The van der Waals surface area contributed by atoms with Gasteiger partial charge in [-0.15, -0.1) is 0 Å². The minimum atomic E-state index is -0.145. The molecule has 21 heavy (non-hydrogen) atoms. The summed E-state index contributed by atoms with van der Waals surface area (Å²) >= 11 is 0. The summed E-state index contributed by atoms with van der Waals surface area (Å²) < 4.78 is 0. The molecular weight excluding hydrogens is 268 g/mol. The summed E-state index contributed by atoms with van der Waals surface area (Å²) in [6.45, 7) is 15.3. The topological polar surface area (TPSA) is 82.3 Å². The molecule has 0 saturated heterocycles. The van der Waals surface area contributed by atoms with E-state index in [0.29, 0.717) is 5.57 Å². The van der Waals surface area contributed by atoms with Gasteiger partial charge in [-0.05, 0) is 39.9 Å². The lowest BCUT2D eigenvalue weighted by Crippen LogP contribution is -2.43. The van der Waals surface area contributed by atoms with Crippen LogP contribution >= 0.6 is 0 Å². The van der Waals surface area contributed by atoms with E-state index in [9.17, 15) is 9.59 Å². The number of carbonyl (C=O) groups excluding carboxylic acids is 2. The number of carbonyl (C=O) groups is 2. The molecule has 0 fully saturated rings. The zero-order valence-corrected chi connectivity index (χ0v) is 13.9. The van der Waals surface area contributed by atoms with Crippen LogP contribution in [-0.4, -0.2) is 37.7 Å². The van der Waals surface area contributed by atoms with Crippen molar-refractivity contribution in [3.8, 4) is 0 Å². The van der Waals surface area contributed by atoms with Gasteiger partial charge >= 0.3 is 0 Å². The monoisotopic (exact) mass is 298 g/mol. The normalized spacial score (nSPS) is 12.2. The molecule has 0 aromatic carbocycles. The molecule has 0 spiro atoms. The van der Waals surface area contributed by atoms with Crippen molar-refractivity contribution >= 4 is 11.8 Å². The van der Waals surface area contributed by atoms with E-state index in [2.05, 4.69) is 34.4 Å². The minimum absolute atomic E-state index is 0.0236. The Morgan fingerprint density at radius 2 is 1.81 bits per heavy atom. The van der Waals surface area contributed by atoms with E-state index in [-0.39, 0.29) is 24.1 Å². The number of rotatable bonds is 8. The maximum atomic E-state index is 11.0. The van der Waals surface area contributed by atoms with Gasteiger partial charge in [0, 0.05) is 5.57 Å². The van der Waals surface area contributed by atoms with E-state index in [1.807, 2.05) is 27.8 Å². The lowest BCUT2D eigenvalue weighted by molar-refractivity contribution is -0.118. The number of hydrogen-bond donors (Lipinski definition) is 4. The Morgan fingerprint density at radius 1 is 1.24 bits per heavy atom. The van der Waals surface area contributed by atoms with Gasteiger partial charge in [-0.2, -0.15) is 0 Å². The molecule has 0 aromatic rings. The maximum Gasteiger partial charge on any atom is 0.247 e. The van der Waals surface area contributed by atoms with Crippen LogP contribution < -0.4 is 21.3 Å². The highest BCUT2D eigenvalue weighted by Crippen LogP contribution is 1.89. The predicted molar refractivity (Wildman–Crippen MR) is 87.6 cm³/mol. The van der Waals surface area contributed by atoms with Crippen LogP contribution in [0.25, 0.3) is 0 Å². The van der Waals surface area contributed by atoms with Crippen LogP contribution in [-0.2, 0) is 9.59 Å². The highest BCUT2D eigenvalue weighted by Gasteiger charge is 2.06. The Balaban J connectivity index is 0. The Hall–Kier alpha value is -1.66. The first kappa shape index (κ1) is 21.6. The molecule has 122 valence electrons. The van der Waals surface area contributed by atoms with Crippen molar-refractivity contribution in [2.75, 3.05) is 13.6 Å². The fourth-order valence-electron chi connectivity index (χ4n) is 1.29.